The number of carbonyl (C=O) groups excluding carboxylic acids is 1. The Morgan fingerprint density at radius 1 is 1.53 bits per heavy atom. The van der Waals surface area contributed by atoms with E-state index < -0.39 is 0 Å². The lowest BCUT2D eigenvalue weighted by molar-refractivity contribution is -0.123. The topological polar surface area (TPSA) is 76.2 Å². The van der Waals surface area contributed by atoms with Gasteiger partial charge >= 0.3 is 0 Å². The maximum absolute atomic E-state index is 11.8. The number of nitrogens with one attached hydrogen (secondary N) is 1. The number of anilines is 2. The number of rotatable bonds is 2. The highest BCUT2D eigenvalue weighted by Crippen LogP contribution is 2.35. The van der Waals surface area contributed by atoms with Crippen LogP contribution in [-0.2, 0) is 18.3 Å². The van der Waals surface area contributed by atoms with Gasteiger partial charge in [-0.3, -0.25) is 9.48 Å². The average molecular weight is 263 g/mol. The first kappa shape index (κ1) is 12.3. The minimum atomic E-state index is 0.105. The molecule has 0 aliphatic carbocycles. The van der Waals surface area contributed by atoms with Crippen molar-refractivity contribution in [3.63, 3.8) is 0 Å². The van der Waals surface area contributed by atoms with Gasteiger partial charge in [0.15, 0.2) is 5.82 Å². The molecule has 0 aromatic carbocycles. The molecule has 0 spiro atoms. The van der Waals surface area contributed by atoms with Gasteiger partial charge in [-0.25, -0.2) is 0 Å². The predicted molar refractivity (Wildman–Crippen MR) is 73.9 cm³/mol. The second kappa shape index (κ2) is 4.43. The van der Waals surface area contributed by atoms with Gasteiger partial charge in [0.25, 0.3) is 0 Å². The van der Waals surface area contributed by atoms with Crippen molar-refractivity contribution < 1.29 is 4.79 Å². The highest BCUT2D eigenvalue weighted by molar-refractivity contribution is 5.83. The van der Waals surface area contributed by atoms with Gasteiger partial charge in [-0.1, -0.05) is 6.92 Å². The molecule has 104 valence electrons. The van der Waals surface area contributed by atoms with E-state index in [9.17, 15) is 4.79 Å². The van der Waals surface area contributed by atoms with Crippen LogP contribution < -0.4 is 16.0 Å². The van der Waals surface area contributed by atoms with Crippen LogP contribution >= 0.6 is 0 Å². The summed E-state index contributed by atoms with van der Waals surface area (Å²) >= 11 is 0. The van der Waals surface area contributed by atoms with Crippen molar-refractivity contribution in [3.8, 4) is 0 Å². The zero-order chi connectivity index (χ0) is 13.6. The lowest BCUT2D eigenvalue weighted by Crippen LogP contribution is -2.46. The maximum atomic E-state index is 11.8. The van der Waals surface area contributed by atoms with Gasteiger partial charge in [0.2, 0.25) is 5.91 Å². The van der Waals surface area contributed by atoms with Crippen LogP contribution in [0.4, 0.5) is 11.5 Å². The van der Waals surface area contributed by atoms with E-state index in [0.717, 1.165) is 49.6 Å². The number of aryl methyl sites for hydroxylation is 2. The number of nitrogen functional groups attached to an aromatic ring is 1. The summed E-state index contributed by atoms with van der Waals surface area (Å²) in [5, 5.41) is 7.45. The molecule has 0 bridgehead atoms. The fraction of sp³-hybridized carbons (Fsp3) is 0.692. The van der Waals surface area contributed by atoms with E-state index in [4.69, 9.17) is 5.73 Å². The normalized spacial score (nSPS) is 26.4. The zero-order valence-corrected chi connectivity index (χ0v) is 11.5. The summed E-state index contributed by atoms with van der Waals surface area (Å²) in [6.45, 7) is 3.72. The average Bonchev–Trinajstić information content (AvgIpc) is 2.91. The number of carbonyl (C=O) groups is 1. The van der Waals surface area contributed by atoms with E-state index in [2.05, 4.69) is 22.2 Å². The molecule has 2 atom stereocenters. The van der Waals surface area contributed by atoms with E-state index in [1.54, 1.807) is 0 Å². The molecule has 2 saturated heterocycles. The van der Waals surface area contributed by atoms with Crippen molar-refractivity contribution in [2.45, 2.75) is 32.2 Å². The van der Waals surface area contributed by atoms with Gasteiger partial charge in [-0.05, 0) is 19.3 Å². The molecule has 2 unspecified atom stereocenters. The summed E-state index contributed by atoms with van der Waals surface area (Å²) < 4.78 is 1.86. The molecule has 1 aromatic rings. The zero-order valence-electron chi connectivity index (χ0n) is 11.5. The van der Waals surface area contributed by atoms with E-state index in [1.807, 2.05) is 11.7 Å². The first-order chi connectivity index (χ1) is 9.13. The fourth-order valence-electron chi connectivity index (χ4n) is 3.40. The number of hydrogen-bond donors (Lipinski definition) is 2. The van der Waals surface area contributed by atoms with Crippen LogP contribution in [-0.4, -0.2) is 34.8 Å². The standard InChI is InChI=1S/C13H21N5O/c1-3-9-11(14)13(17(2)16-9)18-6-4-5-8-10(18)7-15-12(8)19/h8,10H,3-7,14H2,1-2H3,(H,15,19). The molecule has 3 heterocycles. The molecule has 1 aromatic heterocycles. The smallest absolute Gasteiger partial charge is 0.225 e. The molecule has 3 N–H and O–H groups in total. The number of amides is 1. The van der Waals surface area contributed by atoms with Crippen LogP contribution in [0.25, 0.3) is 0 Å². The number of piperidine rings is 1. The summed E-state index contributed by atoms with van der Waals surface area (Å²) in [6.07, 6.45) is 2.84. The lowest BCUT2D eigenvalue weighted by atomic mass is 9.91. The van der Waals surface area contributed by atoms with Gasteiger partial charge in [0, 0.05) is 20.1 Å². The SMILES string of the molecule is CCc1nn(C)c(N2CCCC3C(=O)NCC32)c1N. The number of fused-ring (bicyclic) bond motifs is 1. The Morgan fingerprint density at radius 3 is 3.00 bits per heavy atom. The Hall–Kier alpha value is -1.72. The Morgan fingerprint density at radius 2 is 2.32 bits per heavy atom. The second-order valence-electron chi connectivity index (χ2n) is 5.42. The number of nitrogens with two attached hydrogens (primary N) is 1. The van der Waals surface area contributed by atoms with Crippen LogP contribution in [0.15, 0.2) is 0 Å². The summed E-state index contributed by atoms with van der Waals surface area (Å²) in [5.74, 6) is 1.27. The Bertz CT molecular complexity index is 509. The quantitative estimate of drug-likeness (QED) is 0.803. The molecule has 6 heteroatoms. The number of nitrogens with zero attached hydrogens (tertiary/aromatic N) is 3. The van der Waals surface area contributed by atoms with Crippen LogP contribution in [0.2, 0.25) is 0 Å². The highest BCUT2D eigenvalue weighted by Gasteiger charge is 2.42. The van der Waals surface area contributed by atoms with Crippen molar-refractivity contribution in [2.24, 2.45) is 13.0 Å². The first-order valence-electron chi connectivity index (χ1n) is 6.99. The molecule has 2 aliphatic heterocycles. The molecule has 2 aliphatic rings. The summed E-state index contributed by atoms with van der Waals surface area (Å²) in [4.78, 5) is 14.1. The summed E-state index contributed by atoms with van der Waals surface area (Å²) in [5.41, 5.74) is 7.94. The van der Waals surface area contributed by atoms with Crippen molar-refractivity contribution in [3.05, 3.63) is 5.69 Å². The van der Waals surface area contributed by atoms with E-state index in [-0.39, 0.29) is 17.9 Å². The highest BCUT2D eigenvalue weighted by atomic mass is 16.2. The van der Waals surface area contributed by atoms with Crippen molar-refractivity contribution in [1.29, 1.82) is 0 Å². The van der Waals surface area contributed by atoms with Crippen molar-refractivity contribution in [2.75, 3.05) is 23.7 Å². The number of aromatic nitrogens is 2. The molecule has 19 heavy (non-hydrogen) atoms. The molecule has 1 amide bonds. The van der Waals surface area contributed by atoms with Crippen molar-refractivity contribution >= 4 is 17.4 Å². The largest absolute Gasteiger partial charge is 0.394 e. The van der Waals surface area contributed by atoms with Crippen LogP contribution in [0.1, 0.15) is 25.5 Å². The second-order valence-corrected chi connectivity index (χ2v) is 5.42. The third-order valence-corrected chi connectivity index (χ3v) is 4.34. The molecular formula is C13H21N5O. The third kappa shape index (κ3) is 1.77. The molecule has 3 rings (SSSR count). The Labute approximate surface area is 112 Å². The lowest BCUT2D eigenvalue weighted by Gasteiger charge is -2.37. The minimum absolute atomic E-state index is 0.105. The van der Waals surface area contributed by atoms with Crippen LogP contribution in [0.5, 0.6) is 0 Å². The van der Waals surface area contributed by atoms with Gasteiger partial charge in [0.05, 0.1) is 23.3 Å². The fourth-order valence-corrected chi connectivity index (χ4v) is 3.40. The van der Waals surface area contributed by atoms with E-state index >= 15 is 0 Å². The van der Waals surface area contributed by atoms with Gasteiger partial charge in [-0.15, -0.1) is 0 Å². The molecule has 0 radical (unpaired) electrons. The molecule has 6 nitrogen and oxygen atoms in total. The monoisotopic (exact) mass is 263 g/mol. The predicted octanol–water partition coefficient (Wildman–Crippen LogP) is 0.280. The van der Waals surface area contributed by atoms with Gasteiger partial charge in [0.1, 0.15) is 0 Å². The van der Waals surface area contributed by atoms with Crippen LogP contribution in [0.3, 0.4) is 0 Å². The van der Waals surface area contributed by atoms with Crippen molar-refractivity contribution in [1.82, 2.24) is 15.1 Å². The van der Waals surface area contributed by atoms with Gasteiger partial charge in [-0.2, -0.15) is 5.10 Å². The summed E-state index contributed by atoms with van der Waals surface area (Å²) in [6, 6.07) is 0.226. The first-order valence-corrected chi connectivity index (χ1v) is 6.99. The van der Waals surface area contributed by atoms with Gasteiger partial charge < -0.3 is 16.0 Å². The summed E-state index contributed by atoms with van der Waals surface area (Å²) in [7, 11) is 1.93. The van der Waals surface area contributed by atoms with E-state index in [1.165, 1.54) is 0 Å². The van der Waals surface area contributed by atoms with Crippen LogP contribution in [0, 0.1) is 5.92 Å². The number of hydrogen-bond acceptors (Lipinski definition) is 4. The molecule has 2 fully saturated rings. The minimum Gasteiger partial charge on any atom is -0.394 e. The molecule has 0 saturated carbocycles. The molecular weight excluding hydrogens is 242 g/mol. The maximum Gasteiger partial charge on any atom is 0.225 e. The third-order valence-electron chi connectivity index (χ3n) is 4.34. The van der Waals surface area contributed by atoms with E-state index in [0.29, 0.717) is 0 Å². The Balaban J connectivity index is 1.97. The Kier molecular flexibility index (Phi) is 2.88.